The number of hydrogen-bond acceptors (Lipinski definition) is 2. The zero-order valence-corrected chi connectivity index (χ0v) is 12.0. The van der Waals surface area contributed by atoms with Crippen LogP contribution < -0.4 is 10.6 Å². The Hall–Kier alpha value is -1.26. The standard InChI is InChI=1S/C14H26N2O3/c1-3-8-11(2)15-13(19)16-14(12(17)18)9-6-4-5-7-10-14/h11H,3-10H2,1-2H3,(H,17,18)(H2,15,16,19). The topological polar surface area (TPSA) is 78.4 Å². The van der Waals surface area contributed by atoms with E-state index in [1.807, 2.05) is 6.92 Å². The average Bonchev–Trinajstić information content (AvgIpc) is 2.55. The molecule has 1 unspecified atom stereocenters. The maximum atomic E-state index is 11.9. The Morgan fingerprint density at radius 1 is 1.21 bits per heavy atom. The van der Waals surface area contributed by atoms with Gasteiger partial charge in [-0.05, 0) is 26.2 Å². The van der Waals surface area contributed by atoms with Crippen LogP contribution in [0.3, 0.4) is 0 Å². The summed E-state index contributed by atoms with van der Waals surface area (Å²) in [7, 11) is 0. The van der Waals surface area contributed by atoms with E-state index < -0.39 is 11.5 Å². The number of carbonyl (C=O) groups is 2. The van der Waals surface area contributed by atoms with Gasteiger partial charge in [0.1, 0.15) is 5.54 Å². The molecule has 0 aromatic rings. The first-order valence-corrected chi connectivity index (χ1v) is 7.32. The van der Waals surface area contributed by atoms with Crippen molar-refractivity contribution in [2.45, 2.75) is 76.8 Å². The average molecular weight is 270 g/mol. The van der Waals surface area contributed by atoms with E-state index in [9.17, 15) is 14.7 Å². The first-order chi connectivity index (χ1) is 9.00. The molecule has 0 radical (unpaired) electrons. The molecular formula is C14H26N2O3. The molecule has 0 saturated heterocycles. The number of carboxylic acid groups (broad SMARTS) is 1. The first-order valence-electron chi connectivity index (χ1n) is 7.32. The highest BCUT2D eigenvalue weighted by atomic mass is 16.4. The predicted octanol–water partition coefficient (Wildman–Crippen LogP) is 2.65. The number of hydrogen-bond donors (Lipinski definition) is 3. The number of carboxylic acids is 1. The van der Waals surface area contributed by atoms with Crippen molar-refractivity contribution < 1.29 is 14.7 Å². The smallest absolute Gasteiger partial charge is 0.329 e. The highest BCUT2D eigenvalue weighted by molar-refractivity contribution is 5.86. The van der Waals surface area contributed by atoms with Crippen LogP contribution in [0.15, 0.2) is 0 Å². The summed E-state index contributed by atoms with van der Waals surface area (Å²) in [4.78, 5) is 23.5. The van der Waals surface area contributed by atoms with E-state index >= 15 is 0 Å². The fourth-order valence-electron chi connectivity index (χ4n) is 2.71. The molecule has 2 amide bonds. The van der Waals surface area contributed by atoms with Crippen LogP contribution in [-0.2, 0) is 4.79 Å². The summed E-state index contributed by atoms with van der Waals surface area (Å²) in [6, 6.07) is -0.285. The van der Waals surface area contributed by atoms with Crippen molar-refractivity contribution in [3.63, 3.8) is 0 Å². The van der Waals surface area contributed by atoms with Gasteiger partial charge < -0.3 is 15.7 Å². The van der Waals surface area contributed by atoms with Gasteiger partial charge in [0.05, 0.1) is 0 Å². The van der Waals surface area contributed by atoms with Gasteiger partial charge in [-0.2, -0.15) is 0 Å². The normalized spacial score (nSPS) is 20.1. The van der Waals surface area contributed by atoms with Gasteiger partial charge >= 0.3 is 12.0 Å². The Morgan fingerprint density at radius 3 is 2.26 bits per heavy atom. The quantitative estimate of drug-likeness (QED) is 0.672. The second kappa shape index (κ2) is 7.36. The highest BCUT2D eigenvalue weighted by Crippen LogP contribution is 2.27. The fraction of sp³-hybridized carbons (Fsp3) is 0.857. The largest absolute Gasteiger partial charge is 0.480 e. The van der Waals surface area contributed by atoms with Crippen molar-refractivity contribution in [3.8, 4) is 0 Å². The Kier molecular flexibility index (Phi) is 6.12. The van der Waals surface area contributed by atoms with Crippen molar-refractivity contribution in [1.29, 1.82) is 0 Å². The molecule has 110 valence electrons. The lowest BCUT2D eigenvalue weighted by Gasteiger charge is -2.30. The van der Waals surface area contributed by atoms with Crippen LogP contribution in [0.1, 0.15) is 65.2 Å². The minimum atomic E-state index is -1.08. The molecular weight excluding hydrogens is 244 g/mol. The number of carbonyl (C=O) groups excluding carboxylic acids is 1. The summed E-state index contributed by atoms with van der Waals surface area (Å²) in [6.45, 7) is 3.99. The van der Waals surface area contributed by atoms with E-state index in [1.54, 1.807) is 0 Å². The summed E-state index contributed by atoms with van der Waals surface area (Å²) in [5.74, 6) is -0.910. The molecule has 0 heterocycles. The Bertz CT molecular complexity index is 310. The van der Waals surface area contributed by atoms with Crippen molar-refractivity contribution in [3.05, 3.63) is 0 Å². The van der Waals surface area contributed by atoms with Crippen molar-refractivity contribution in [2.75, 3.05) is 0 Å². The predicted molar refractivity (Wildman–Crippen MR) is 74.1 cm³/mol. The van der Waals surface area contributed by atoms with E-state index in [-0.39, 0.29) is 12.1 Å². The van der Waals surface area contributed by atoms with Gasteiger partial charge in [0.25, 0.3) is 0 Å². The lowest BCUT2D eigenvalue weighted by atomic mass is 9.90. The minimum Gasteiger partial charge on any atom is -0.480 e. The van der Waals surface area contributed by atoms with Crippen LogP contribution in [0.4, 0.5) is 4.79 Å². The van der Waals surface area contributed by atoms with Crippen molar-refractivity contribution in [1.82, 2.24) is 10.6 Å². The molecule has 0 spiro atoms. The molecule has 1 aliphatic carbocycles. The molecule has 5 nitrogen and oxygen atoms in total. The molecule has 0 aromatic carbocycles. The molecule has 3 N–H and O–H groups in total. The number of aliphatic carboxylic acids is 1. The van der Waals surface area contributed by atoms with Gasteiger partial charge in [-0.25, -0.2) is 9.59 Å². The molecule has 0 bridgehead atoms. The third-order valence-electron chi connectivity index (χ3n) is 3.82. The molecule has 1 saturated carbocycles. The van der Waals surface area contributed by atoms with E-state index in [0.29, 0.717) is 12.8 Å². The van der Waals surface area contributed by atoms with E-state index in [4.69, 9.17) is 0 Å². The second-order valence-corrected chi connectivity index (χ2v) is 5.59. The second-order valence-electron chi connectivity index (χ2n) is 5.59. The fourth-order valence-corrected chi connectivity index (χ4v) is 2.71. The van der Waals surface area contributed by atoms with Crippen LogP contribution in [0, 0.1) is 0 Å². The van der Waals surface area contributed by atoms with Gasteiger partial charge in [0.2, 0.25) is 0 Å². The Morgan fingerprint density at radius 2 is 1.79 bits per heavy atom. The summed E-state index contributed by atoms with van der Waals surface area (Å²) in [5.41, 5.74) is -1.08. The lowest BCUT2D eigenvalue weighted by Crippen LogP contribution is -2.57. The maximum absolute atomic E-state index is 11.9. The van der Waals surface area contributed by atoms with E-state index in [1.165, 1.54) is 0 Å². The molecule has 1 atom stereocenters. The zero-order valence-electron chi connectivity index (χ0n) is 12.0. The lowest BCUT2D eigenvalue weighted by molar-refractivity contribution is -0.145. The van der Waals surface area contributed by atoms with Crippen LogP contribution in [0.25, 0.3) is 0 Å². The first kappa shape index (κ1) is 15.8. The molecule has 0 aromatic heterocycles. The van der Waals surface area contributed by atoms with Gasteiger partial charge in [-0.15, -0.1) is 0 Å². The molecule has 1 rings (SSSR count). The Labute approximate surface area is 115 Å². The molecule has 1 fully saturated rings. The maximum Gasteiger partial charge on any atom is 0.329 e. The third-order valence-corrected chi connectivity index (χ3v) is 3.82. The minimum absolute atomic E-state index is 0.0709. The number of urea groups is 1. The third kappa shape index (κ3) is 4.73. The van der Waals surface area contributed by atoms with Crippen LogP contribution in [-0.4, -0.2) is 28.7 Å². The highest BCUT2D eigenvalue weighted by Gasteiger charge is 2.40. The number of rotatable bonds is 5. The van der Waals surface area contributed by atoms with Crippen molar-refractivity contribution in [2.24, 2.45) is 0 Å². The number of amides is 2. The summed E-state index contributed by atoms with van der Waals surface area (Å²) in [6.07, 6.45) is 6.75. The summed E-state index contributed by atoms with van der Waals surface area (Å²) < 4.78 is 0. The van der Waals surface area contributed by atoms with Crippen LogP contribution >= 0.6 is 0 Å². The van der Waals surface area contributed by atoms with Crippen LogP contribution in [0.5, 0.6) is 0 Å². The zero-order chi connectivity index (χ0) is 14.3. The van der Waals surface area contributed by atoms with Crippen molar-refractivity contribution >= 4 is 12.0 Å². The number of nitrogens with one attached hydrogen (secondary N) is 2. The van der Waals surface area contributed by atoms with E-state index in [0.717, 1.165) is 38.5 Å². The molecule has 5 heteroatoms. The Balaban J connectivity index is 2.62. The summed E-state index contributed by atoms with van der Waals surface area (Å²) >= 11 is 0. The van der Waals surface area contributed by atoms with Gasteiger partial charge in [-0.1, -0.05) is 39.0 Å². The van der Waals surface area contributed by atoms with E-state index in [2.05, 4.69) is 17.6 Å². The molecule has 19 heavy (non-hydrogen) atoms. The van der Waals surface area contributed by atoms with Gasteiger partial charge in [-0.3, -0.25) is 0 Å². The molecule has 0 aliphatic heterocycles. The molecule has 1 aliphatic rings. The monoisotopic (exact) mass is 270 g/mol. The SMILES string of the molecule is CCCC(C)NC(=O)NC1(C(=O)O)CCCCCC1. The summed E-state index contributed by atoms with van der Waals surface area (Å²) in [5, 5.41) is 15.0. The van der Waals surface area contributed by atoms with Crippen LogP contribution in [0.2, 0.25) is 0 Å². The van der Waals surface area contributed by atoms with Gasteiger partial charge in [0.15, 0.2) is 0 Å². The van der Waals surface area contributed by atoms with Gasteiger partial charge in [0, 0.05) is 6.04 Å².